The lowest BCUT2D eigenvalue weighted by Crippen LogP contribution is -2.32. The summed E-state index contributed by atoms with van der Waals surface area (Å²) in [4.78, 5) is 16.0. The van der Waals surface area contributed by atoms with Gasteiger partial charge in [0.15, 0.2) is 0 Å². The summed E-state index contributed by atoms with van der Waals surface area (Å²) >= 11 is 1.97. The van der Waals surface area contributed by atoms with Crippen LogP contribution in [0.15, 0.2) is 47.4 Å². The molecular formula is C27H38N2OS. The fraction of sp³-hybridized carbons (Fsp3) is 0.519. The van der Waals surface area contributed by atoms with Gasteiger partial charge < -0.3 is 5.32 Å². The Morgan fingerprint density at radius 1 is 1.13 bits per heavy atom. The first-order chi connectivity index (χ1) is 15.0. The van der Waals surface area contributed by atoms with Crippen molar-refractivity contribution in [1.29, 1.82) is 0 Å². The molecule has 3 nitrogen and oxygen atoms in total. The first-order valence-electron chi connectivity index (χ1n) is 11.8. The van der Waals surface area contributed by atoms with Gasteiger partial charge >= 0.3 is 0 Å². The van der Waals surface area contributed by atoms with Crippen molar-refractivity contribution in [3.8, 4) is 0 Å². The van der Waals surface area contributed by atoms with Gasteiger partial charge in [-0.3, -0.25) is 9.69 Å². The van der Waals surface area contributed by atoms with E-state index in [-0.39, 0.29) is 11.8 Å². The van der Waals surface area contributed by atoms with E-state index in [0.29, 0.717) is 5.92 Å². The third-order valence-corrected chi connectivity index (χ3v) is 7.29. The van der Waals surface area contributed by atoms with Crippen molar-refractivity contribution in [1.82, 2.24) is 4.90 Å². The normalized spacial score (nSPS) is 15.4. The number of carbonyl (C=O) groups excluding carboxylic acids is 1. The maximum Gasteiger partial charge on any atom is 0.226 e. The van der Waals surface area contributed by atoms with Gasteiger partial charge in [0.1, 0.15) is 0 Å². The summed E-state index contributed by atoms with van der Waals surface area (Å²) in [7, 11) is 0. The average Bonchev–Trinajstić information content (AvgIpc) is 2.77. The van der Waals surface area contributed by atoms with E-state index < -0.39 is 0 Å². The predicted octanol–water partition coefficient (Wildman–Crippen LogP) is 6.86. The number of carbonyl (C=O) groups is 1. The summed E-state index contributed by atoms with van der Waals surface area (Å²) in [5.74, 6) is 1.87. The van der Waals surface area contributed by atoms with Crippen LogP contribution in [0.5, 0.6) is 0 Å². The topological polar surface area (TPSA) is 32.3 Å². The van der Waals surface area contributed by atoms with E-state index in [1.807, 2.05) is 31.7 Å². The Labute approximate surface area is 193 Å². The van der Waals surface area contributed by atoms with Crippen molar-refractivity contribution >= 4 is 23.4 Å². The quantitative estimate of drug-likeness (QED) is 0.343. The Hall–Kier alpha value is -1.78. The Morgan fingerprint density at radius 3 is 2.48 bits per heavy atom. The Balaban J connectivity index is 1.53. The molecule has 1 aliphatic heterocycles. The molecule has 168 valence electrons. The Kier molecular flexibility index (Phi) is 9.03. The minimum Gasteiger partial charge on any atom is -0.326 e. The summed E-state index contributed by atoms with van der Waals surface area (Å²) in [5.41, 5.74) is 5.07. The molecule has 4 heteroatoms. The predicted molar refractivity (Wildman–Crippen MR) is 134 cm³/mol. The maximum atomic E-state index is 12.1. The van der Waals surface area contributed by atoms with Gasteiger partial charge in [-0.2, -0.15) is 0 Å². The number of nitrogens with one attached hydrogen (secondary N) is 1. The Morgan fingerprint density at radius 2 is 1.84 bits per heavy atom. The van der Waals surface area contributed by atoms with Crippen LogP contribution >= 0.6 is 11.8 Å². The highest BCUT2D eigenvalue weighted by molar-refractivity contribution is 7.99. The van der Waals surface area contributed by atoms with Crippen molar-refractivity contribution in [3.05, 3.63) is 59.2 Å². The lowest BCUT2D eigenvalue weighted by Gasteiger charge is -2.33. The number of hydrogen-bond acceptors (Lipinski definition) is 3. The lowest BCUT2D eigenvalue weighted by atomic mass is 9.86. The highest BCUT2D eigenvalue weighted by Crippen LogP contribution is 2.32. The molecule has 2 aromatic rings. The second kappa shape index (κ2) is 11.7. The SMILES string of the molecule is CCCCSc1ccc(CN2CCC(c3cc(NC(=O)C(C)C)ccc3C)CC2)cc1. The van der Waals surface area contributed by atoms with Gasteiger partial charge in [-0.05, 0) is 91.9 Å². The van der Waals surface area contributed by atoms with Crippen LogP contribution in [0.1, 0.15) is 69.1 Å². The molecule has 0 radical (unpaired) electrons. The molecule has 1 amide bonds. The van der Waals surface area contributed by atoms with E-state index >= 15 is 0 Å². The van der Waals surface area contributed by atoms with Crippen LogP contribution in [-0.2, 0) is 11.3 Å². The number of piperidine rings is 1. The molecule has 3 rings (SSSR count). The summed E-state index contributed by atoms with van der Waals surface area (Å²) in [5, 5.41) is 3.06. The van der Waals surface area contributed by atoms with Gasteiger partial charge in [-0.25, -0.2) is 0 Å². The smallest absolute Gasteiger partial charge is 0.226 e. The molecule has 0 bridgehead atoms. The fourth-order valence-corrected chi connectivity index (χ4v) is 5.13. The van der Waals surface area contributed by atoms with E-state index in [1.54, 1.807) is 0 Å². The molecule has 1 N–H and O–H groups in total. The molecular weight excluding hydrogens is 400 g/mol. The number of unbranched alkanes of at least 4 members (excludes halogenated alkanes) is 1. The molecule has 1 fully saturated rings. The maximum absolute atomic E-state index is 12.1. The second-order valence-electron chi connectivity index (χ2n) is 9.11. The number of rotatable bonds is 9. The largest absolute Gasteiger partial charge is 0.326 e. The van der Waals surface area contributed by atoms with Crippen molar-refractivity contribution < 1.29 is 4.79 Å². The van der Waals surface area contributed by atoms with Gasteiger partial charge in [0, 0.05) is 23.0 Å². The molecule has 0 aromatic heterocycles. The number of hydrogen-bond donors (Lipinski definition) is 1. The number of likely N-dealkylation sites (tertiary alicyclic amines) is 1. The summed E-state index contributed by atoms with van der Waals surface area (Å²) in [6, 6.07) is 15.5. The van der Waals surface area contributed by atoms with Crippen molar-refractivity contribution in [3.63, 3.8) is 0 Å². The molecule has 31 heavy (non-hydrogen) atoms. The van der Waals surface area contributed by atoms with Crippen molar-refractivity contribution in [2.45, 2.75) is 70.7 Å². The van der Waals surface area contributed by atoms with E-state index in [1.165, 1.54) is 53.0 Å². The van der Waals surface area contributed by atoms with Crippen LogP contribution in [0.4, 0.5) is 5.69 Å². The zero-order valence-corrected chi connectivity index (χ0v) is 20.4. The van der Waals surface area contributed by atoms with Gasteiger partial charge in [0.25, 0.3) is 0 Å². The third kappa shape index (κ3) is 7.11. The molecule has 1 saturated heterocycles. The molecule has 0 spiro atoms. The van der Waals surface area contributed by atoms with Gasteiger partial charge in [0.2, 0.25) is 5.91 Å². The second-order valence-corrected chi connectivity index (χ2v) is 10.3. The number of aryl methyl sites for hydroxylation is 1. The third-order valence-electron chi connectivity index (χ3n) is 6.19. The highest BCUT2D eigenvalue weighted by Gasteiger charge is 2.22. The number of nitrogens with zero attached hydrogens (tertiary/aromatic N) is 1. The monoisotopic (exact) mass is 438 g/mol. The number of benzene rings is 2. The van der Waals surface area contributed by atoms with Gasteiger partial charge in [-0.1, -0.05) is 45.4 Å². The lowest BCUT2D eigenvalue weighted by molar-refractivity contribution is -0.118. The van der Waals surface area contributed by atoms with E-state index in [9.17, 15) is 4.79 Å². The molecule has 1 heterocycles. The molecule has 0 aliphatic carbocycles. The Bertz CT molecular complexity index is 839. The molecule has 1 aliphatic rings. The average molecular weight is 439 g/mol. The first-order valence-corrected chi connectivity index (χ1v) is 12.8. The number of anilines is 1. The fourth-order valence-electron chi connectivity index (χ4n) is 4.13. The van der Waals surface area contributed by atoms with E-state index in [2.05, 4.69) is 60.5 Å². The minimum absolute atomic E-state index is 0.00279. The highest BCUT2D eigenvalue weighted by atomic mass is 32.2. The summed E-state index contributed by atoms with van der Waals surface area (Å²) in [6.45, 7) is 11.6. The van der Waals surface area contributed by atoms with Crippen LogP contribution in [0.2, 0.25) is 0 Å². The first kappa shape index (κ1) is 23.9. The zero-order chi connectivity index (χ0) is 22.2. The molecule has 0 unspecified atom stereocenters. The van der Waals surface area contributed by atoms with Crippen LogP contribution < -0.4 is 5.32 Å². The molecule has 2 aromatic carbocycles. The zero-order valence-electron chi connectivity index (χ0n) is 19.6. The van der Waals surface area contributed by atoms with Crippen molar-refractivity contribution in [2.24, 2.45) is 5.92 Å². The van der Waals surface area contributed by atoms with Crippen LogP contribution in [0.3, 0.4) is 0 Å². The van der Waals surface area contributed by atoms with E-state index in [4.69, 9.17) is 0 Å². The minimum atomic E-state index is -0.00279. The summed E-state index contributed by atoms with van der Waals surface area (Å²) < 4.78 is 0. The number of thioether (sulfide) groups is 1. The molecule has 0 saturated carbocycles. The van der Waals surface area contributed by atoms with Crippen LogP contribution in [0.25, 0.3) is 0 Å². The number of amides is 1. The van der Waals surface area contributed by atoms with Crippen LogP contribution in [0, 0.1) is 12.8 Å². The van der Waals surface area contributed by atoms with Crippen molar-refractivity contribution in [2.75, 3.05) is 24.2 Å². The molecule has 0 atom stereocenters. The van der Waals surface area contributed by atoms with Crippen LogP contribution in [-0.4, -0.2) is 29.6 Å². The standard InChI is InChI=1S/C27H38N2OS/c1-5-6-17-31-25-11-8-22(9-12-25)19-29-15-13-23(14-16-29)26-18-24(10-7-21(26)4)28-27(30)20(2)3/h7-12,18,20,23H,5-6,13-17,19H2,1-4H3,(H,28,30). The van der Waals surface area contributed by atoms with Gasteiger partial charge in [0.05, 0.1) is 0 Å². The van der Waals surface area contributed by atoms with Gasteiger partial charge in [-0.15, -0.1) is 11.8 Å². The summed E-state index contributed by atoms with van der Waals surface area (Å²) in [6.07, 6.45) is 4.89. The van der Waals surface area contributed by atoms with E-state index in [0.717, 1.165) is 25.3 Å².